The van der Waals surface area contributed by atoms with E-state index in [4.69, 9.17) is 16.3 Å². The molecule has 1 N–H and O–H groups in total. The van der Waals surface area contributed by atoms with Crippen LogP contribution in [0.5, 0.6) is 11.8 Å². The second-order valence-electron chi connectivity index (χ2n) is 9.93. The molecule has 36 heavy (non-hydrogen) atoms. The molecule has 0 radical (unpaired) electrons. The second-order valence-corrected chi connectivity index (χ2v) is 10.3. The first-order chi connectivity index (χ1) is 17.3. The molecule has 4 heterocycles. The van der Waals surface area contributed by atoms with Crippen LogP contribution in [0.15, 0.2) is 22.9 Å². The lowest BCUT2D eigenvalue weighted by Crippen LogP contribution is -2.33. The van der Waals surface area contributed by atoms with E-state index >= 15 is 4.39 Å². The number of nitrogens with one attached hydrogen (secondary N) is 1. The number of pyridine rings is 1. The number of ether oxygens (including phenoxy) is 1. The highest BCUT2D eigenvalue weighted by molar-refractivity contribution is 6.28. The third kappa shape index (κ3) is 4.41. The molecule has 2 aromatic heterocycles. The highest BCUT2D eigenvalue weighted by atomic mass is 35.5. The van der Waals surface area contributed by atoms with Crippen LogP contribution >= 0.6 is 11.6 Å². The number of hydrogen-bond acceptors (Lipinski definition) is 6. The minimum Gasteiger partial charge on any atom is -0.417 e. The number of rotatable bonds is 5. The Kier molecular flexibility index (Phi) is 6.83. The minimum absolute atomic E-state index is 0.00167. The number of halogens is 2. The summed E-state index contributed by atoms with van der Waals surface area (Å²) in [5.41, 5.74) is 6.45. The molecule has 190 valence electrons. The van der Waals surface area contributed by atoms with Crippen molar-refractivity contribution < 1.29 is 13.9 Å². The fourth-order valence-corrected chi connectivity index (χ4v) is 5.70. The standard InChI is InChI=1S/C27H31ClFN5O2/c1-5-34-11-9-19-18(13-34)25(33-27(28)32-19)36-26-23(29)22-16(12-31-26)6-7-17(20(22)14(2)3)21-15(4)8-10-30-24(21)35/h12,14H,5-11,13H2,1-4H3,(H,30,35). The number of amides is 1. The van der Waals surface area contributed by atoms with Crippen molar-refractivity contribution in [3.8, 4) is 11.8 Å². The molecular weight excluding hydrogens is 481 g/mol. The van der Waals surface area contributed by atoms with Crippen molar-refractivity contribution in [1.29, 1.82) is 0 Å². The predicted octanol–water partition coefficient (Wildman–Crippen LogP) is 5.03. The molecule has 2 aliphatic heterocycles. The zero-order valence-corrected chi connectivity index (χ0v) is 21.9. The normalized spacial score (nSPS) is 18.4. The molecule has 3 aliphatic rings. The molecule has 0 spiro atoms. The van der Waals surface area contributed by atoms with Gasteiger partial charge in [-0.25, -0.2) is 14.4 Å². The maximum Gasteiger partial charge on any atom is 0.258 e. The molecule has 7 nitrogen and oxygen atoms in total. The molecule has 5 rings (SSSR count). The third-order valence-corrected chi connectivity index (χ3v) is 7.51. The zero-order valence-electron chi connectivity index (χ0n) is 21.2. The van der Waals surface area contributed by atoms with Crippen LogP contribution in [0.4, 0.5) is 4.39 Å². The van der Waals surface area contributed by atoms with Gasteiger partial charge in [-0.1, -0.05) is 26.3 Å². The third-order valence-electron chi connectivity index (χ3n) is 7.34. The van der Waals surface area contributed by atoms with Gasteiger partial charge >= 0.3 is 0 Å². The Balaban J connectivity index is 1.61. The number of aryl methyl sites for hydroxylation is 1. The highest BCUT2D eigenvalue weighted by Gasteiger charge is 2.33. The van der Waals surface area contributed by atoms with Gasteiger partial charge in [-0.05, 0) is 67.0 Å². The lowest BCUT2D eigenvalue weighted by molar-refractivity contribution is -0.117. The average molecular weight is 512 g/mol. The second kappa shape index (κ2) is 9.90. The van der Waals surface area contributed by atoms with E-state index in [0.29, 0.717) is 37.1 Å². The van der Waals surface area contributed by atoms with Crippen molar-refractivity contribution in [2.24, 2.45) is 5.92 Å². The van der Waals surface area contributed by atoms with E-state index in [-0.39, 0.29) is 28.9 Å². The van der Waals surface area contributed by atoms with Gasteiger partial charge in [-0.3, -0.25) is 9.69 Å². The van der Waals surface area contributed by atoms with Crippen molar-refractivity contribution in [2.75, 3.05) is 19.6 Å². The van der Waals surface area contributed by atoms with E-state index in [0.717, 1.165) is 59.5 Å². The topological polar surface area (TPSA) is 80.2 Å². The van der Waals surface area contributed by atoms with E-state index in [2.05, 4.69) is 32.1 Å². The van der Waals surface area contributed by atoms with Crippen LogP contribution in [0.25, 0.3) is 5.57 Å². The molecule has 0 unspecified atom stereocenters. The van der Waals surface area contributed by atoms with Crippen molar-refractivity contribution in [2.45, 2.75) is 59.9 Å². The molecule has 0 saturated carbocycles. The van der Waals surface area contributed by atoms with Crippen LogP contribution < -0.4 is 10.1 Å². The van der Waals surface area contributed by atoms with Gasteiger partial charge in [-0.15, -0.1) is 0 Å². The van der Waals surface area contributed by atoms with Crippen molar-refractivity contribution in [3.05, 3.63) is 56.4 Å². The lowest BCUT2D eigenvalue weighted by Gasteiger charge is -2.30. The van der Waals surface area contributed by atoms with Gasteiger partial charge in [0.15, 0.2) is 5.82 Å². The SMILES string of the molecule is CCN1CCc2nc(Cl)nc(Oc3ncc4c(c3F)C(C(C)C)=C(C3=C(C)CCNC3=O)CC4)c2C1. The smallest absolute Gasteiger partial charge is 0.258 e. The van der Waals surface area contributed by atoms with Crippen LogP contribution in [0, 0.1) is 11.7 Å². The summed E-state index contributed by atoms with van der Waals surface area (Å²) in [4.78, 5) is 28.1. The van der Waals surface area contributed by atoms with Gasteiger partial charge in [0, 0.05) is 43.4 Å². The quantitative estimate of drug-likeness (QED) is 0.567. The molecule has 2 aromatic rings. The number of hydrogen-bond donors (Lipinski definition) is 1. The molecule has 0 aromatic carbocycles. The summed E-state index contributed by atoms with van der Waals surface area (Å²) < 4.78 is 22.3. The van der Waals surface area contributed by atoms with Crippen molar-refractivity contribution in [3.63, 3.8) is 0 Å². The Morgan fingerprint density at radius 2 is 2.00 bits per heavy atom. The first-order valence-corrected chi connectivity index (χ1v) is 13.0. The van der Waals surface area contributed by atoms with Crippen LogP contribution in [0.1, 0.15) is 62.9 Å². The molecule has 0 atom stereocenters. The average Bonchev–Trinajstić information content (AvgIpc) is 2.85. The molecule has 1 aliphatic carbocycles. The summed E-state index contributed by atoms with van der Waals surface area (Å²) in [6.07, 6.45) is 4.48. The Morgan fingerprint density at radius 1 is 1.19 bits per heavy atom. The molecule has 9 heteroatoms. The maximum absolute atomic E-state index is 16.2. The van der Waals surface area contributed by atoms with E-state index in [1.165, 1.54) is 0 Å². The first-order valence-electron chi connectivity index (χ1n) is 12.6. The number of fused-ring (bicyclic) bond motifs is 2. The molecule has 0 bridgehead atoms. The maximum atomic E-state index is 16.2. The number of nitrogens with zero attached hydrogens (tertiary/aromatic N) is 4. The van der Waals surface area contributed by atoms with Crippen molar-refractivity contribution >= 4 is 23.1 Å². The summed E-state index contributed by atoms with van der Waals surface area (Å²) in [5, 5.41) is 3.02. The largest absolute Gasteiger partial charge is 0.417 e. The number of likely N-dealkylation sites (N-methyl/N-ethyl adjacent to an activating group) is 1. The fourth-order valence-electron chi connectivity index (χ4n) is 5.52. The highest BCUT2D eigenvalue weighted by Crippen LogP contribution is 2.44. The summed E-state index contributed by atoms with van der Waals surface area (Å²) in [7, 11) is 0. The van der Waals surface area contributed by atoms with Gasteiger partial charge in [0.2, 0.25) is 11.2 Å². The Labute approximate surface area is 215 Å². The molecule has 0 saturated heterocycles. The van der Waals surface area contributed by atoms with E-state index in [1.807, 2.05) is 20.8 Å². The van der Waals surface area contributed by atoms with Gasteiger partial charge in [-0.2, -0.15) is 4.98 Å². The molecule has 1 amide bonds. The van der Waals surface area contributed by atoms with Crippen LogP contribution in [0.2, 0.25) is 5.28 Å². The molecular formula is C27H31ClFN5O2. The summed E-state index contributed by atoms with van der Waals surface area (Å²) in [5.74, 6) is -0.514. The van der Waals surface area contributed by atoms with E-state index < -0.39 is 5.82 Å². The minimum atomic E-state index is -0.533. The van der Waals surface area contributed by atoms with Gasteiger partial charge in [0.05, 0.1) is 11.3 Å². The van der Waals surface area contributed by atoms with Crippen LogP contribution in [-0.4, -0.2) is 45.4 Å². The van der Waals surface area contributed by atoms with Crippen molar-refractivity contribution in [1.82, 2.24) is 25.2 Å². The Bertz CT molecular complexity index is 1300. The summed E-state index contributed by atoms with van der Waals surface area (Å²) in [6.45, 7) is 11.1. The van der Waals surface area contributed by atoms with E-state index in [9.17, 15) is 4.79 Å². The van der Waals surface area contributed by atoms with Gasteiger partial charge in [0.1, 0.15) is 0 Å². The zero-order chi connectivity index (χ0) is 25.6. The van der Waals surface area contributed by atoms with Crippen LogP contribution in [-0.2, 0) is 24.2 Å². The number of allylic oxidation sites excluding steroid dienone is 1. The lowest BCUT2D eigenvalue weighted by atomic mass is 9.76. The fraction of sp³-hybridized carbons (Fsp3) is 0.481. The van der Waals surface area contributed by atoms with Crippen LogP contribution in [0.3, 0.4) is 0 Å². The summed E-state index contributed by atoms with van der Waals surface area (Å²) >= 11 is 6.19. The number of aromatic nitrogens is 3. The summed E-state index contributed by atoms with van der Waals surface area (Å²) in [6, 6.07) is 0. The predicted molar refractivity (Wildman–Crippen MR) is 136 cm³/mol. The number of carbonyl (C=O) groups is 1. The Morgan fingerprint density at radius 3 is 2.72 bits per heavy atom. The van der Waals surface area contributed by atoms with Gasteiger partial charge in [0.25, 0.3) is 11.8 Å². The van der Waals surface area contributed by atoms with Gasteiger partial charge < -0.3 is 10.1 Å². The molecule has 0 fully saturated rings. The Hall–Kier alpha value is -2.84. The number of carbonyl (C=O) groups excluding carboxylic acids is 1. The monoisotopic (exact) mass is 511 g/mol. The first kappa shape index (κ1) is 24.8. The van der Waals surface area contributed by atoms with E-state index in [1.54, 1.807) is 6.20 Å².